The molecule has 0 unspecified atom stereocenters. The van der Waals surface area contributed by atoms with E-state index in [2.05, 4.69) is 69.3 Å². The zero-order valence-corrected chi connectivity index (χ0v) is 19.9. The first-order valence-electron chi connectivity index (χ1n) is 11.2. The lowest BCUT2D eigenvalue weighted by Crippen LogP contribution is -1.98. The Bertz CT molecular complexity index is 1310. The van der Waals surface area contributed by atoms with Gasteiger partial charge in [0, 0.05) is 12.5 Å². The zero-order valence-electron chi connectivity index (χ0n) is 19.2. The Morgan fingerprint density at radius 3 is 2.30 bits per heavy atom. The molecule has 0 heterocycles. The quantitative estimate of drug-likeness (QED) is 0.303. The number of hydrogen-bond acceptors (Lipinski definition) is 1. The number of carbonyl (C=O) groups is 1. The summed E-state index contributed by atoms with van der Waals surface area (Å²) in [4.78, 5) is 10.9. The van der Waals surface area contributed by atoms with Crippen LogP contribution in [0.1, 0.15) is 52.3 Å². The van der Waals surface area contributed by atoms with Crippen molar-refractivity contribution < 1.29 is 9.90 Å². The van der Waals surface area contributed by atoms with Crippen molar-refractivity contribution in [3.63, 3.8) is 0 Å². The van der Waals surface area contributed by atoms with E-state index in [0.717, 1.165) is 51.8 Å². The van der Waals surface area contributed by atoms with Crippen LogP contribution in [0, 0.1) is 13.8 Å². The monoisotopic (exact) mass is 454 g/mol. The van der Waals surface area contributed by atoms with Gasteiger partial charge in [-0.05, 0) is 82.0 Å². The lowest BCUT2D eigenvalue weighted by molar-refractivity contribution is -0.131. The van der Waals surface area contributed by atoms with Crippen molar-refractivity contribution in [3.05, 3.63) is 117 Å². The van der Waals surface area contributed by atoms with E-state index in [9.17, 15) is 4.79 Å². The molecule has 0 fully saturated rings. The number of hydrogen-bond donors (Lipinski definition) is 1. The number of aryl methyl sites for hydroxylation is 2. The Kier molecular flexibility index (Phi) is 6.67. The second kappa shape index (κ2) is 9.64. The first kappa shape index (κ1) is 22.8. The number of carboxylic acids is 1. The van der Waals surface area contributed by atoms with Crippen LogP contribution < -0.4 is 0 Å². The molecule has 3 heteroatoms. The van der Waals surface area contributed by atoms with E-state index in [0.29, 0.717) is 0 Å². The minimum atomic E-state index is -0.955. The molecular weight excluding hydrogens is 428 g/mol. The maximum Gasteiger partial charge on any atom is 0.328 e. The number of halogens is 1. The van der Waals surface area contributed by atoms with E-state index < -0.39 is 5.97 Å². The molecule has 0 saturated heterocycles. The number of carboxylic acid groups (broad SMARTS) is 1. The molecule has 0 atom stereocenters. The van der Waals surface area contributed by atoms with E-state index in [1.54, 1.807) is 6.08 Å². The SMILES string of the molecule is CC/C(=C(\C1=C(Cl)c2ccccc2C1)c1ccc(/C=C/C(=O)O)cc1)c1ccc(C)c(C)c1. The van der Waals surface area contributed by atoms with Crippen molar-refractivity contribution >= 4 is 39.8 Å². The van der Waals surface area contributed by atoms with Crippen LogP contribution in [0.4, 0.5) is 0 Å². The van der Waals surface area contributed by atoms with Gasteiger partial charge in [-0.15, -0.1) is 0 Å². The summed E-state index contributed by atoms with van der Waals surface area (Å²) in [7, 11) is 0. The lowest BCUT2D eigenvalue weighted by Gasteiger charge is -2.19. The van der Waals surface area contributed by atoms with Gasteiger partial charge in [0.15, 0.2) is 0 Å². The van der Waals surface area contributed by atoms with Gasteiger partial charge in [0.25, 0.3) is 0 Å². The number of fused-ring (bicyclic) bond motifs is 1. The van der Waals surface area contributed by atoms with Gasteiger partial charge >= 0.3 is 5.97 Å². The van der Waals surface area contributed by atoms with E-state index in [1.165, 1.54) is 27.8 Å². The van der Waals surface area contributed by atoms with Gasteiger partial charge in [0.2, 0.25) is 0 Å². The van der Waals surface area contributed by atoms with Crippen LogP contribution in [0.2, 0.25) is 0 Å². The van der Waals surface area contributed by atoms with Crippen molar-refractivity contribution in [2.24, 2.45) is 0 Å². The van der Waals surface area contributed by atoms with E-state index in [1.807, 2.05) is 18.2 Å². The fraction of sp³-hybridized carbons (Fsp3) is 0.167. The molecule has 2 nitrogen and oxygen atoms in total. The topological polar surface area (TPSA) is 37.3 Å². The highest BCUT2D eigenvalue weighted by Gasteiger charge is 2.25. The third-order valence-corrected chi connectivity index (χ3v) is 6.75. The third kappa shape index (κ3) is 4.72. The summed E-state index contributed by atoms with van der Waals surface area (Å²) < 4.78 is 0. The van der Waals surface area contributed by atoms with Crippen molar-refractivity contribution in [3.8, 4) is 0 Å². The molecule has 0 saturated carbocycles. The summed E-state index contributed by atoms with van der Waals surface area (Å²) in [6.45, 7) is 6.46. The predicted octanol–water partition coefficient (Wildman–Crippen LogP) is 7.93. The van der Waals surface area contributed by atoms with Crippen LogP contribution in [-0.2, 0) is 11.2 Å². The van der Waals surface area contributed by atoms with Crippen LogP contribution in [0.15, 0.2) is 78.4 Å². The van der Waals surface area contributed by atoms with Crippen molar-refractivity contribution in [1.82, 2.24) is 0 Å². The second-order valence-corrected chi connectivity index (χ2v) is 8.80. The maximum absolute atomic E-state index is 10.9. The average Bonchev–Trinajstić information content (AvgIpc) is 3.14. The molecule has 1 aliphatic carbocycles. The maximum atomic E-state index is 10.9. The smallest absolute Gasteiger partial charge is 0.328 e. The molecule has 0 spiro atoms. The highest BCUT2D eigenvalue weighted by Crippen LogP contribution is 2.45. The van der Waals surface area contributed by atoms with Gasteiger partial charge < -0.3 is 5.11 Å². The normalized spacial score (nSPS) is 13.9. The Labute approximate surface area is 200 Å². The Morgan fingerprint density at radius 1 is 0.970 bits per heavy atom. The largest absolute Gasteiger partial charge is 0.478 e. The fourth-order valence-corrected chi connectivity index (χ4v) is 4.78. The molecular formula is C30H27ClO2. The molecule has 0 radical (unpaired) electrons. The van der Waals surface area contributed by atoms with Crippen molar-refractivity contribution in [1.29, 1.82) is 0 Å². The van der Waals surface area contributed by atoms with Gasteiger partial charge in [0.1, 0.15) is 0 Å². The molecule has 0 bridgehead atoms. The van der Waals surface area contributed by atoms with Gasteiger partial charge in [-0.3, -0.25) is 0 Å². The molecule has 0 aromatic heterocycles. The molecule has 33 heavy (non-hydrogen) atoms. The Balaban J connectivity index is 1.91. The molecule has 3 aromatic carbocycles. The van der Waals surface area contributed by atoms with E-state index in [4.69, 9.17) is 16.7 Å². The molecule has 1 aliphatic rings. The predicted molar refractivity (Wildman–Crippen MR) is 139 cm³/mol. The highest BCUT2D eigenvalue weighted by molar-refractivity contribution is 6.51. The summed E-state index contributed by atoms with van der Waals surface area (Å²) in [5, 5.41) is 9.74. The zero-order chi connectivity index (χ0) is 23.5. The van der Waals surface area contributed by atoms with Gasteiger partial charge in [-0.2, -0.15) is 0 Å². The number of rotatable bonds is 6. The minimum Gasteiger partial charge on any atom is -0.478 e. The first-order valence-corrected chi connectivity index (χ1v) is 11.6. The number of benzene rings is 3. The van der Waals surface area contributed by atoms with Crippen LogP contribution in [0.3, 0.4) is 0 Å². The second-order valence-electron chi connectivity index (χ2n) is 8.43. The molecule has 0 amide bonds. The third-order valence-electron chi connectivity index (χ3n) is 6.32. The van der Waals surface area contributed by atoms with E-state index in [-0.39, 0.29) is 0 Å². The Morgan fingerprint density at radius 2 is 1.67 bits per heavy atom. The Hall–Kier alpha value is -3.36. The van der Waals surface area contributed by atoms with Gasteiger partial charge in [0.05, 0.1) is 5.03 Å². The molecule has 4 rings (SSSR count). The molecule has 0 aliphatic heterocycles. The first-order chi connectivity index (χ1) is 15.9. The summed E-state index contributed by atoms with van der Waals surface area (Å²) in [5.41, 5.74) is 11.6. The molecule has 1 N–H and O–H groups in total. The lowest BCUT2D eigenvalue weighted by atomic mass is 9.86. The number of allylic oxidation sites excluding steroid dienone is 3. The standard InChI is InChI=1S/C30H27ClO2/c1-4-25(24-13-9-19(2)20(3)17-24)29(22-14-10-21(11-15-22)12-16-28(32)33)27-18-23-7-5-6-8-26(23)30(27)31/h5-17H,4,18H2,1-3H3,(H,32,33)/b16-12+,29-25+. The highest BCUT2D eigenvalue weighted by atomic mass is 35.5. The number of aliphatic carboxylic acids is 1. The van der Waals surface area contributed by atoms with Crippen LogP contribution in [0.25, 0.3) is 22.3 Å². The summed E-state index contributed by atoms with van der Waals surface area (Å²) >= 11 is 6.98. The van der Waals surface area contributed by atoms with Crippen molar-refractivity contribution in [2.75, 3.05) is 0 Å². The van der Waals surface area contributed by atoms with Crippen LogP contribution >= 0.6 is 11.6 Å². The summed E-state index contributed by atoms with van der Waals surface area (Å²) in [6.07, 6.45) is 4.42. The van der Waals surface area contributed by atoms with Crippen LogP contribution in [0.5, 0.6) is 0 Å². The fourth-order valence-electron chi connectivity index (χ4n) is 4.43. The van der Waals surface area contributed by atoms with Crippen molar-refractivity contribution in [2.45, 2.75) is 33.6 Å². The minimum absolute atomic E-state index is 0.791. The molecule has 166 valence electrons. The molecule has 3 aromatic rings. The van der Waals surface area contributed by atoms with Gasteiger partial charge in [-0.1, -0.05) is 85.3 Å². The van der Waals surface area contributed by atoms with Gasteiger partial charge in [-0.25, -0.2) is 4.79 Å². The van der Waals surface area contributed by atoms with Crippen LogP contribution in [-0.4, -0.2) is 11.1 Å². The van der Waals surface area contributed by atoms with E-state index >= 15 is 0 Å². The average molecular weight is 455 g/mol. The summed E-state index contributed by atoms with van der Waals surface area (Å²) in [5.74, 6) is -0.955. The summed E-state index contributed by atoms with van der Waals surface area (Å²) in [6, 6.07) is 23.0.